The van der Waals surface area contributed by atoms with Gasteiger partial charge >= 0.3 is 0 Å². The van der Waals surface area contributed by atoms with Crippen molar-refractivity contribution in [2.24, 2.45) is 0 Å². The minimum Gasteiger partial charge on any atom is -0.506 e. The minimum atomic E-state index is -2.79. The SMILES string of the molecule is CC(=O)c1cc(C(F)F)cc(C=O)c1O. The number of ketones is 1. The van der Waals surface area contributed by atoms with E-state index in [1.165, 1.54) is 0 Å². The first-order chi connectivity index (χ1) is 6.97. The summed E-state index contributed by atoms with van der Waals surface area (Å²) in [6.45, 7) is 1.12. The van der Waals surface area contributed by atoms with Gasteiger partial charge in [0.05, 0.1) is 11.1 Å². The Bertz CT molecular complexity index is 413. The lowest BCUT2D eigenvalue weighted by atomic mass is 10.0. The number of Topliss-reactive ketones (excluding diaryl/α,β-unsaturated/α-hetero) is 1. The molecule has 0 atom stereocenters. The highest BCUT2D eigenvalue weighted by Crippen LogP contribution is 2.28. The van der Waals surface area contributed by atoms with E-state index in [1.54, 1.807) is 0 Å². The van der Waals surface area contributed by atoms with E-state index < -0.39 is 23.5 Å². The molecule has 1 aromatic carbocycles. The number of alkyl halides is 2. The largest absolute Gasteiger partial charge is 0.506 e. The number of aldehydes is 1. The molecule has 0 saturated carbocycles. The molecule has 0 aromatic heterocycles. The summed E-state index contributed by atoms with van der Waals surface area (Å²) in [5.74, 6) is -1.12. The molecule has 0 aliphatic rings. The summed E-state index contributed by atoms with van der Waals surface area (Å²) >= 11 is 0. The van der Waals surface area contributed by atoms with Crippen LogP contribution >= 0.6 is 0 Å². The second kappa shape index (κ2) is 4.16. The quantitative estimate of drug-likeness (QED) is 0.620. The number of carbonyl (C=O) groups is 2. The summed E-state index contributed by atoms with van der Waals surface area (Å²) in [4.78, 5) is 21.4. The van der Waals surface area contributed by atoms with Crippen molar-refractivity contribution in [2.45, 2.75) is 13.3 Å². The fourth-order valence-corrected chi connectivity index (χ4v) is 1.16. The van der Waals surface area contributed by atoms with Gasteiger partial charge in [-0.1, -0.05) is 0 Å². The number of hydrogen-bond acceptors (Lipinski definition) is 3. The van der Waals surface area contributed by atoms with Crippen LogP contribution in [0.4, 0.5) is 8.78 Å². The maximum absolute atomic E-state index is 12.3. The predicted molar refractivity (Wildman–Crippen MR) is 48.5 cm³/mol. The van der Waals surface area contributed by atoms with Gasteiger partial charge in [0.15, 0.2) is 12.1 Å². The summed E-state index contributed by atoms with van der Waals surface area (Å²) < 4.78 is 24.7. The lowest BCUT2D eigenvalue weighted by Gasteiger charge is -2.07. The highest BCUT2D eigenvalue weighted by molar-refractivity contribution is 5.99. The first kappa shape index (κ1) is 11.3. The Labute approximate surface area is 84.3 Å². The maximum atomic E-state index is 12.3. The normalized spacial score (nSPS) is 10.4. The lowest BCUT2D eigenvalue weighted by Crippen LogP contribution is -1.99. The van der Waals surface area contributed by atoms with Crippen LogP contribution in [0.15, 0.2) is 12.1 Å². The van der Waals surface area contributed by atoms with Crippen LogP contribution in [0.25, 0.3) is 0 Å². The number of phenolic OH excluding ortho intramolecular Hbond substituents is 1. The standard InChI is InChI=1S/C10H8F2O3/c1-5(14)8-3-6(10(11)12)2-7(4-13)9(8)15/h2-4,10,15H,1H3. The van der Waals surface area contributed by atoms with Crippen LogP contribution in [-0.2, 0) is 0 Å². The molecular weight excluding hydrogens is 206 g/mol. The summed E-state index contributed by atoms with van der Waals surface area (Å²) in [6.07, 6.45) is -2.56. The number of hydrogen-bond donors (Lipinski definition) is 1. The highest BCUT2D eigenvalue weighted by Gasteiger charge is 2.17. The van der Waals surface area contributed by atoms with Crippen LogP contribution in [0.5, 0.6) is 5.75 Å². The van der Waals surface area contributed by atoms with Gasteiger partial charge in [0.25, 0.3) is 6.43 Å². The zero-order chi connectivity index (χ0) is 11.6. The van der Waals surface area contributed by atoms with Gasteiger partial charge in [-0.2, -0.15) is 0 Å². The van der Waals surface area contributed by atoms with Crippen molar-refractivity contribution in [2.75, 3.05) is 0 Å². The maximum Gasteiger partial charge on any atom is 0.263 e. The van der Waals surface area contributed by atoms with Crippen molar-refractivity contribution < 1.29 is 23.5 Å². The Morgan fingerprint density at radius 3 is 2.47 bits per heavy atom. The Kier molecular flexibility index (Phi) is 3.14. The summed E-state index contributed by atoms with van der Waals surface area (Å²) in [5.41, 5.74) is -1.03. The van der Waals surface area contributed by atoms with E-state index in [4.69, 9.17) is 0 Å². The molecule has 5 heteroatoms. The molecule has 0 bridgehead atoms. The molecule has 0 heterocycles. The molecule has 3 nitrogen and oxygen atoms in total. The summed E-state index contributed by atoms with van der Waals surface area (Å²) in [7, 11) is 0. The van der Waals surface area contributed by atoms with E-state index in [0.29, 0.717) is 0 Å². The highest BCUT2D eigenvalue weighted by atomic mass is 19.3. The van der Waals surface area contributed by atoms with Gasteiger partial charge in [-0.05, 0) is 19.1 Å². The molecule has 0 radical (unpaired) electrons. The van der Waals surface area contributed by atoms with E-state index in [2.05, 4.69) is 0 Å². The molecule has 0 spiro atoms. The van der Waals surface area contributed by atoms with Crippen molar-refractivity contribution in [1.82, 2.24) is 0 Å². The van der Waals surface area contributed by atoms with Crippen LogP contribution in [0.2, 0.25) is 0 Å². The third-order valence-corrected chi connectivity index (χ3v) is 1.92. The van der Waals surface area contributed by atoms with Gasteiger partial charge in [0.1, 0.15) is 5.75 Å². The van der Waals surface area contributed by atoms with E-state index in [9.17, 15) is 23.5 Å². The summed E-state index contributed by atoms with van der Waals surface area (Å²) in [6, 6.07) is 1.74. The molecule has 80 valence electrons. The van der Waals surface area contributed by atoms with Crippen LogP contribution in [0, 0.1) is 0 Å². The van der Waals surface area contributed by atoms with Gasteiger partial charge in [-0.25, -0.2) is 8.78 Å². The molecule has 0 aliphatic carbocycles. The van der Waals surface area contributed by atoms with E-state index in [1.807, 2.05) is 0 Å². The molecule has 1 N–H and O–H groups in total. The topological polar surface area (TPSA) is 54.4 Å². The van der Waals surface area contributed by atoms with E-state index in [-0.39, 0.29) is 17.4 Å². The second-order valence-electron chi connectivity index (χ2n) is 2.98. The lowest BCUT2D eigenvalue weighted by molar-refractivity contribution is 0.101. The zero-order valence-electron chi connectivity index (χ0n) is 7.83. The number of aromatic hydroxyl groups is 1. The molecule has 0 aliphatic heterocycles. The zero-order valence-corrected chi connectivity index (χ0v) is 7.83. The van der Waals surface area contributed by atoms with Gasteiger partial charge in [0, 0.05) is 5.56 Å². The van der Waals surface area contributed by atoms with Crippen molar-refractivity contribution in [1.29, 1.82) is 0 Å². The fraction of sp³-hybridized carbons (Fsp3) is 0.200. The van der Waals surface area contributed by atoms with Crippen LogP contribution in [-0.4, -0.2) is 17.2 Å². The summed E-state index contributed by atoms with van der Waals surface area (Å²) in [5, 5.41) is 9.37. The Balaban J connectivity index is 3.45. The Morgan fingerprint density at radius 1 is 1.47 bits per heavy atom. The molecule has 0 fully saturated rings. The van der Waals surface area contributed by atoms with Gasteiger partial charge in [-0.3, -0.25) is 9.59 Å². The first-order valence-electron chi connectivity index (χ1n) is 4.08. The average molecular weight is 214 g/mol. The number of carbonyl (C=O) groups excluding carboxylic acids is 2. The van der Waals surface area contributed by atoms with E-state index >= 15 is 0 Å². The Hall–Kier alpha value is -1.78. The molecule has 0 saturated heterocycles. The minimum absolute atomic E-state index is 0.230. The molecule has 1 aromatic rings. The Morgan fingerprint density at radius 2 is 2.07 bits per heavy atom. The third kappa shape index (κ3) is 2.18. The molecule has 1 rings (SSSR count). The van der Waals surface area contributed by atoms with Gasteiger partial charge in [-0.15, -0.1) is 0 Å². The number of phenols is 1. The van der Waals surface area contributed by atoms with Crippen molar-refractivity contribution >= 4 is 12.1 Å². The number of halogens is 2. The number of rotatable bonds is 3. The molecule has 0 amide bonds. The van der Waals surface area contributed by atoms with E-state index in [0.717, 1.165) is 19.1 Å². The van der Waals surface area contributed by atoms with Crippen molar-refractivity contribution in [3.05, 3.63) is 28.8 Å². The van der Waals surface area contributed by atoms with Crippen LogP contribution < -0.4 is 0 Å². The number of benzene rings is 1. The van der Waals surface area contributed by atoms with Gasteiger partial charge in [0.2, 0.25) is 0 Å². The third-order valence-electron chi connectivity index (χ3n) is 1.92. The van der Waals surface area contributed by atoms with Crippen LogP contribution in [0.1, 0.15) is 39.6 Å². The van der Waals surface area contributed by atoms with Gasteiger partial charge < -0.3 is 5.11 Å². The average Bonchev–Trinajstić information content (AvgIpc) is 2.17. The van der Waals surface area contributed by atoms with Crippen molar-refractivity contribution in [3.63, 3.8) is 0 Å². The molecule has 0 unspecified atom stereocenters. The first-order valence-corrected chi connectivity index (χ1v) is 4.08. The van der Waals surface area contributed by atoms with Crippen molar-refractivity contribution in [3.8, 4) is 5.75 Å². The van der Waals surface area contributed by atoms with Crippen LogP contribution in [0.3, 0.4) is 0 Å². The molecule has 15 heavy (non-hydrogen) atoms. The fourth-order valence-electron chi connectivity index (χ4n) is 1.16. The smallest absolute Gasteiger partial charge is 0.263 e. The molecular formula is C10H8F2O3. The second-order valence-corrected chi connectivity index (χ2v) is 2.98. The predicted octanol–water partition coefficient (Wildman–Crippen LogP) is 2.34. The monoisotopic (exact) mass is 214 g/mol.